The van der Waals surface area contributed by atoms with Gasteiger partial charge in [-0.3, -0.25) is 0 Å². The summed E-state index contributed by atoms with van der Waals surface area (Å²) in [4.78, 5) is 13.6. The van der Waals surface area contributed by atoms with Crippen LogP contribution in [-0.4, -0.2) is 62.3 Å². The van der Waals surface area contributed by atoms with E-state index in [0.29, 0.717) is 24.3 Å². The minimum atomic E-state index is -0.886. The van der Waals surface area contributed by atoms with Crippen LogP contribution < -0.4 is 14.2 Å². The molecule has 41 heavy (non-hydrogen) atoms. The molecule has 0 saturated carbocycles. The van der Waals surface area contributed by atoms with Crippen molar-refractivity contribution >= 4 is 12.0 Å². The summed E-state index contributed by atoms with van der Waals surface area (Å²) in [5.74, 6) is -0.0229. The van der Waals surface area contributed by atoms with E-state index in [4.69, 9.17) is 33.2 Å². The summed E-state index contributed by atoms with van der Waals surface area (Å²) in [7, 11) is 3.13. The lowest BCUT2D eigenvalue weighted by atomic mass is 9.99. The Labute approximate surface area is 241 Å². The topological polar surface area (TPSA) is 102 Å². The molecule has 4 rings (SSSR count). The molecule has 2 heterocycles. The molecule has 0 aromatic heterocycles. The lowest BCUT2D eigenvalue weighted by Crippen LogP contribution is -2.34. The Morgan fingerprint density at radius 1 is 1.00 bits per heavy atom. The molecule has 0 aliphatic carbocycles. The molecule has 2 aliphatic rings. The van der Waals surface area contributed by atoms with Gasteiger partial charge in [0.25, 0.3) is 0 Å². The summed E-state index contributed by atoms with van der Waals surface area (Å²) < 4.78 is 40.3. The molecule has 0 radical (unpaired) electrons. The number of cyclic esters (lactones) is 1. The van der Waals surface area contributed by atoms with Gasteiger partial charge in [0.2, 0.25) is 0 Å². The molecule has 1 saturated heterocycles. The van der Waals surface area contributed by atoms with Crippen molar-refractivity contribution < 1.29 is 43.1 Å². The van der Waals surface area contributed by atoms with Gasteiger partial charge in [-0.15, -0.1) is 0 Å². The number of aliphatic hydroxyl groups is 1. The fourth-order valence-electron chi connectivity index (χ4n) is 4.72. The van der Waals surface area contributed by atoms with E-state index in [2.05, 4.69) is 0 Å². The Kier molecular flexibility index (Phi) is 10.1. The molecular formula is C32H40O9. The van der Waals surface area contributed by atoms with E-state index in [1.807, 2.05) is 70.2 Å². The number of fused-ring (bicyclic) bond motifs is 2. The zero-order chi connectivity index (χ0) is 29.6. The molecule has 2 aliphatic heterocycles. The number of rotatable bonds is 7. The maximum atomic E-state index is 13.6. The van der Waals surface area contributed by atoms with E-state index >= 15 is 0 Å². The van der Waals surface area contributed by atoms with Crippen LogP contribution in [0, 0.1) is 5.92 Å². The highest BCUT2D eigenvalue weighted by atomic mass is 16.8. The van der Waals surface area contributed by atoms with Gasteiger partial charge in [0.05, 0.1) is 13.2 Å². The van der Waals surface area contributed by atoms with Gasteiger partial charge in [0.15, 0.2) is 12.6 Å². The quantitative estimate of drug-likeness (QED) is 0.271. The molecular weight excluding hydrogens is 528 g/mol. The third kappa shape index (κ3) is 7.89. The lowest BCUT2D eigenvalue weighted by Gasteiger charge is -2.23. The van der Waals surface area contributed by atoms with E-state index in [0.717, 1.165) is 11.3 Å². The normalized spacial score (nSPS) is 27.5. The third-order valence-electron chi connectivity index (χ3n) is 7.08. The number of benzene rings is 2. The first kappa shape index (κ1) is 30.6. The lowest BCUT2D eigenvalue weighted by molar-refractivity contribution is -0.152. The van der Waals surface area contributed by atoms with Crippen LogP contribution in [-0.2, 0) is 25.6 Å². The highest BCUT2D eigenvalue weighted by Crippen LogP contribution is 2.35. The third-order valence-corrected chi connectivity index (χ3v) is 7.08. The van der Waals surface area contributed by atoms with Crippen molar-refractivity contribution in [3.8, 4) is 17.2 Å². The Balaban J connectivity index is 1.71. The predicted molar refractivity (Wildman–Crippen MR) is 153 cm³/mol. The van der Waals surface area contributed by atoms with Crippen LogP contribution >= 0.6 is 0 Å². The van der Waals surface area contributed by atoms with Gasteiger partial charge in [-0.2, -0.15) is 0 Å². The van der Waals surface area contributed by atoms with Crippen LogP contribution in [0.4, 0.5) is 0 Å². The van der Waals surface area contributed by atoms with E-state index < -0.39 is 36.2 Å². The summed E-state index contributed by atoms with van der Waals surface area (Å²) in [6, 6.07) is 11.0. The molecule has 0 amide bonds. The highest BCUT2D eigenvalue weighted by molar-refractivity contribution is 5.97. The van der Waals surface area contributed by atoms with E-state index in [9.17, 15) is 9.90 Å². The Hall–Kier alpha value is -3.37. The fourth-order valence-corrected chi connectivity index (χ4v) is 4.72. The molecule has 222 valence electrons. The molecule has 4 unspecified atom stereocenters. The smallest absolute Gasteiger partial charge is 0.342 e. The van der Waals surface area contributed by atoms with Crippen LogP contribution in [0.1, 0.15) is 55.6 Å². The summed E-state index contributed by atoms with van der Waals surface area (Å²) in [6.45, 7) is 7.61. The first-order valence-corrected chi connectivity index (χ1v) is 13.7. The summed E-state index contributed by atoms with van der Waals surface area (Å²) in [5.41, 5.74) is 1.76. The number of esters is 1. The van der Waals surface area contributed by atoms with E-state index in [1.54, 1.807) is 25.3 Å². The van der Waals surface area contributed by atoms with Crippen LogP contribution in [0.15, 0.2) is 54.6 Å². The van der Waals surface area contributed by atoms with Gasteiger partial charge >= 0.3 is 5.97 Å². The van der Waals surface area contributed by atoms with Crippen molar-refractivity contribution in [1.82, 2.24) is 0 Å². The average molecular weight is 569 g/mol. The fraction of sp³-hybridized carbons (Fsp3) is 0.469. The molecule has 9 heteroatoms. The SMILES string of the molecule is COCOc1cc(OCc2ccc(OC)cc2)cc2c1C(=O)OC(C)[C@H](C)/C=C\C(O)C1OC(C)(C)OC1C/C=C/2. The van der Waals surface area contributed by atoms with Crippen LogP contribution in [0.25, 0.3) is 6.08 Å². The highest BCUT2D eigenvalue weighted by Gasteiger charge is 2.43. The van der Waals surface area contributed by atoms with Gasteiger partial charge in [-0.1, -0.05) is 43.4 Å². The van der Waals surface area contributed by atoms with Crippen molar-refractivity contribution in [2.75, 3.05) is 21.0 Å². The molecule has 1 fully saturated rings. The van der Waals surface area contributed by atoms with Crippen molar-refractivity contribution in [2.45, 2.75) is 70.9 Å². The molecule has 5 atom stereocenters. The minimum Gasteiger partial charge on any atom is -0.497 e. The molecule has 9 nitrogen and oxygen atoms in total. The molecule has 1 N–H and O–H groups in total. The summed E-state index contributed by atoms with van der Waals surface area (Å²) in [5, 5.41) is 10.9. The Bertz CT molecular complexity index is 1230. The zero-order valence-electron chi connectivity index (χ0n) is 24.5. The van der Waals surface area contributed by atoms with Crippen molar-refractivity contribution in [2.24, 2.45) is 5.92 Å². The van der Waals surface area contributed by atoms with Gasteiger partial charge in [-0.25, -0.2) is 4.79 Å². The number of aliphatic hydroxyl groups excluding tert-OH is 1. The monoisotopic (exact) mass is 568 g/mol. The number of carbonyl (C=O) groups excluding carboxylic acids is 1. The second-order valence-electron chi connectivity index (χ2n) is 10.7. The van der Waals surface area contributed by atoms with Crippen molar-refractivity contribution in [3.63, 3.8) is 0 Å². The summed E-state index contributed by atoms with van der Waals surface area (Å²) in [6.07, 6.45) is 5.31. The van der Waals surface area contributed by atoms with E-state index in [1.165, 1.54) is 7.11 Å². The predicted octanol–water partition coefficient (Wildman–Crippen LogP) is 5.29. The van der Waals surface area contributed by atoms with Crippen LogP contribution in [0.2, 0.25) is 0 Å². The first-order valence-electron chi connectivity index (χ1n) is 13.7. The van der Waals surface area contributed by atoms with Crippen molar-refractivity contribution in [1.29, 1.82) is 0 Å². The van der Waals surface area contributed by atoms with Crippen LogP contribution in [0.5, 0.6) is 17.2 Å². The number of hydrogen-bond donors (Lipinski definition) is 1. The second-order valence-corrected chi connectivity index (χ2v) is 10.7. The molecule has 0 spiro atoms. The largest absolute Gasteiger partial charge is 0.497 e. The van der Waals surface area contributed by atoms with Gasteiger partial charge in [0, 0.05) is 19.1 Å². The number of carbonyl (C=O) groups is 1. The first-order chi connectivity index (χ1) is 19.6. The summed E-state index contributed by atoms with van der Waals surface area (Å²) >= 11 is 0. The zero-order valence-corrected chi connectivity index (χ0v) is 24.5. The Morgan fingerprint density at radius 3 is 2.46 bits per heavy atom. The maximum Gasteiger partial charge on any atom is 0.342 e. The maximum absolute atomic E-state index is 13.6. The van der Waals surface area contributed by atoms with Gasteiger partial charge in [0.1, 0.15) is 47.7 Å². The molecule has 0 bridgehead atoms. The average Bonchev–Trinajstić information content (AvgIpc) is 3.27. The van der Waals surface area contributed by atoms with Gasteiger partial charge < -0.3 is 38.3 Å². The number of ether oxygens (including phenoxy) is 7. The second kappa shape index (κ2) is 13.5. The molecule has 2 aromatic carbocycles. The standard InChI is InChI=1S/C32H40O9/c1-20-10-15-26(33)30-27(40-32(3,4)41-30)9-7-8-23-16-25(37-18-22-11-13-24(36-6)14-12-22)17-28(38-19-35-5)29(23)31(34)39-21(20)2/h7-8,10-17,20-21,26-27,30,33H,9,18-19H2,1-6H3/b8-7+,15-10-/t20-,21?,26?,27?,30?/m1/s1. The molecule has 2 aromatic rings. The van der Waals surface area contributed by atoms with Gasteiger partial charge in [-0.05, 0) is 56.5 Å². The van der Waals surface area contributed by atoms with Crippen molar-refractivity contribution in [3.05, 3.63) is 71.3 Å². The number of methoxy groups -OCH3 is 2. The van der Waals surface area contributed by atoms with E-state index in [-0.39, 0.29) is 24.0 Å². The Morgan fingerprint density at radius 2 is 1.76 bits per heavy atom. The minimum absolute atomic E-state index is 0.0675. The number of hydrogen-bond acceptors (Lipinski definition) is 9. The van der Waals surface area contributed by atoms with Crippen LogP contribution in [0.3, 0.4) is 0 Å².